The van der Waals surface area contributed by atoms with Gasteiger partial charge in [0.1, 0.15) is 4.99 Å². The molecule has 160 valence electrons. The first-order chi connectivity index (χ1) is 14.5. The third-order valence-electron chi connectivity index (χ3n) is 4.54. The maximum Gasteiger partial charge on any atom is 0.262 e. The van der Waals surface area contributed by atoms with Crippen molar-refractivity contribution in [3.05, 3.63) is 51.1 Å². The summed E-state index contributed by atoms with van der Waals surface area (Å²) in [5.74, 6) is 0.896. The van der Waals surface area contributed by atoms with Crippen molar-refractivity contribution >= 4 is 51.4 Å². The molecule has 0 radical (unpaired) electrons. The number of halogens is 1. The number of carbonyl (C=O) groups is 1. The average molecular weight is 540 g/mol. The lowest BCUT2D eigenvalue weighted by molar-refractivity contribution is -0.118. The fraction of sp³-hybridized carbons (Fsp3) is 0.364. The van der Waals surface area contributed by atoms with Gasteiger partial charge in [-0.2, -0.15) is 0 Å². The van der Waals surface area contributed by atoms with Gasteiger partial charge in [0.25, 0.3) is 5.91 Å². The zero-order valence-electron chi connectivity index (χ0n) is 17.1. The number of nitrogens with zero attached hydrogens (tertiary/aromatic N) is 1. The van der Waals surface area contributed by atoms with E-state index >= 15 is 0 Å². The van der Waals surface area contributed by atoms with Gasteiger partial charge >= 0.3 is 0 Å². The second kappa shape index (κ2) is 10.9. The molecule has 3 rings (SSSR count). The Morgan fingerprint density at radius 2 is 1.90 bits per heavy atom. The molecule has 8 heteroatoms. The minimum atomic E-state index is -0.231. The minimum Gasteiger partial charge on any atom is -0.490 e. The summed E-state index contributed by atoms with van der Waals surface area (Å²) < 4.78 is 17.9. The third kappa shape index (κ3) is 6.05. The molecule has 1 aliphatic rings. The number of aryl methyl sites for hydroxylation is 1. The Bertz CT molecular complexity index is 899. The second-order valence-corrected chi connectivity index (χ2v) is 8.37. The predicted molar refractivity (Wildman–Crippen MR) is 130 cm³/mol. The normalized spacial score (nSPS) is 13.6. The van der Waals surface area contributed by atoms with E-state index < -0.39 is 0 Å². The lowest BCUT2D eigenvalue weighted by Crippen LogP contribution is -2.40. The molecule has 0 unspecified atom stereocenters. The van der Waals surface area contributed by atoms with Gasteiger partial charge in [-0.1, -0.05) is 29.9 Å². The number of anilines is 1. The molecule has 1 saturated heterocycles. The van der Waals surface area contributed by atoms with Crippen molar-refractivity contribution in [2.75, 3.05) is 44.8 Å². The van der Waals surface area contributed by atoms with E-state index in [1.807, 2.05) is 50.2 Å². The van der Waals surface area contributed by atoms with Gasteiger partial charge in [-0.05, 0) is 60.7 Å². The van der Waals surface area contributed by atoms with E-state index in [-0.39, 0.29) is 12.5 Å². The molecule has 0 saturated carbocycles. The fourth-order valence-electron chi connectivity index (χ4n) is 3.02. The van der Waals surface area contributed by atoms with E-state index in [0.29, 0.717) is 31.3 Å². The Kier molecular flexibility index (Phi) is 8.29. The maximum atomic E-state index is 12.3. The highest BCUT2D eigenvalue weighted by Crippen LogP contribution is 2.35. The topological polar surface area (TPSA) is 60.0 Å². The summed E-state index contributed by atoms with van der Waals surface area (Å²) in [6.45, 7) is 7.17. The number of amides is 1. The average Bonchev–Trinajstić information content (AvgIpc) is 2.75. The largest absolute Gasteiger partial charge is 0.490 e. The van der Waals surface area contributed by atoms with Crippen molar-refractivity contribution in [1.82, 2.24) is 4.90 Å². The van der Waals surface area contributed by atoms with E-state index in [1.165, 1.54) is 0 Å². The van der Waals surface area contributed by atoms with Crippen LogP contribution in [-0.2, 0) is 9.53 Å². The van der Waals surface area contributed by atoms with Crippen molar-refractivity contribution < 1.29 is 19.0 Å². The number of morpholine rings is 1. The zero-order valence-corrected chi connectivity index (χ0v) is 20.0. The Labute approximate surface area is 196 Å². The van der Waals surface area contributed by atoms with Gasteiger partial charge in [0.2, 0.25) is 0 Å². The van der Waals surface area contributed by atoms with Gasteiger partial charge in [-0.25, -0.2) is 0 Å². The predicted octanol–water partition coefficient (Wildman–Crippen LogP) is 4.02. The van der Waals surface area contributed by atoms with E-state index in [0.717, 1.165) is 38.5 Å². The second-order valence-electron chi connectivity index (χ2n) is 6.83. The molecule has 0 aromatic heterocycles. The first-order valence-electron chi connectivity index (χ1n) is 9.80. The number of thiocarbonyl (C=S) groups is 1. The van der Waals surface area contributed by atoms with Gasteiger partial charge in [0.05, 0.1) is 23.4 Å². The summed E-state index contributed by atoms with van der Waals surface area (Å²) in [5, 5.41) is 2.84. The van der Waals surface area contributed by atoms with E-state index in [2.05, 4.69) is 32.8 Å². The first kappa shape index (κ1) is 22.8. The summed E-state index contributed by atoms with van der Waals surface area (Å²) >= 11 is 7.87. The monoisotopic (exact) mass is 540 g/mol. The number of benzene rings is 2. The van der Waals surface area contributed by atoms with Gasteiger partial charge < -0.3 is 24.4 Å². The smallest absolute Gasteiger partial charge is 0.262 e. The number of hydrogen-bond acceptors (Lipinski definition) is 5. The summed E-state index contributed by atoms with van der Waals surface area (Å²) in [4.78, 5) is 15.2. The molecule has 0 spiro atoms. The Morgan fingerprint density at radius 3 is 2.57 bits per heavy atom. The quantitative estimate of drug-likeness (QED) is 0.423. The van der Waals surface area contributed by atoms with E-state index in [9.17, 15) is 4.79 Å². The molecule has 1 N–H and O–H groups in total. The van der Waals surface area contributed by atoms with Crippen molar-refractivity contribution in [3.63, 3.8) is 0 Å². The number of carbonyl (C=O) groups excluding carboxylic acids is 1. The summed E-state index contributed by atoms with van der Waals surface area (Å²) in [5.41, 5.74) is 2.77. The Hall–Kier alpha value is -1.91. The van der Waals surface area contributed by atoms with E-state index in [1.54, 1.807) is 0 Å². The van der Waals surface area contributed by atoms with Crippen LogP contribution in [0.15, 0.2) is 36.4 Å². The lowest BCUT2D eigenvalue weighted by atomic mass is 10.1. The van der Waals surface area contributed by atoms with Crippen molar-refractivity contribution in [3.8, 4) is 11.5 Å². The molecule has 1 fully saturated rings. The van der Waals surface area contributed by atoms with Crippen LogP contribution in [0.25, 0.3) is 0 Å². The van der Waals surface area contributed by atoms with Crippen LogP contribution in [0.4, 0.5) is 5.69 Å². The highest BCUT2D eigenvalue weighted by atomic mass is 127. The molecule has 2 aromatic rings. The van der Waals surface area contributed by atoms with Crippen LogP contribution in [0.3, 0.4) is 0 Å². The number of nitrogens with one attached hydrogen (secondary N) is 1. The van der Waals surface area contributed by atoms with Crippen molar-refractivity contribution in [2.24, 2.45) is 0 Å². The van der Waals surface area contributed by atoms with Crippen LogP contribution in [0.5, 0.6) is 11.5 Å². The van der Waals surface area contributed by atoms with Gasteiger partial charge in [-0.15, -0.1) is 0 Å². The zero-order chi connectivity index (χ0) is 21.5. The number of hydrogen-bond donors (Lipinski definition) is 1. The fourth-order valence-corrected chi connectivity index (χ4v) is 4.07. The molecule has 1 heterocycles. The maximum absolute atomic E-state index is 12.3. The molecule has 2 aromatic carbocycles. The molecular weight excluding hydrogens is 515 g/mol. The van der Waals surface area contributed by atoms with Gasteiger partial charge in [0.15, 0.2) is 18.1 Å². The van der Waals surface area contributed by atoms with Crippen LogP contribution >= 0.6 is 34.8 Å². The van der Waals surface area contributed by atoms with Gasteiger partial charge in [0, 0.05) is 24.3 Å². The van der Waals surface area contributed by atoms with Crippen LogP contribution in [0.2, 0.25) is 0 Å². The molecule has 6 nitrogen and oxygen atoms in total. The minimum absolute atomic E-state index is 0.114. The summed E-state index contributed by atoms with van der Waals surface area (Å²) in [7, 11) is 0. The van der Waals surface area contributed by atoms with Crippen molar-refractivity contribution in [2.45, 2.75) is 13.8 Å². The van der Waals surface area contributed by atoms with Crippen LogP contribution in [-0.4, -0.2) is 55.3 Å². The van der Waals surface area contributed by atoms with Crippen LogP contribution < -0.4 is 14.8 Å². The van der Waals surface area contributed by atoms with Crippen LogP contribution in [0.1, 0.15) is 18.1 Å². The third-order valence-corrected chi connectivity index (χ3v) is 5.83. The number of rotatable bonds is 7. The molecule has 30 heavy (non-hydrogen) atoms. The molecule has 0 bridgehead atoms. The summed E-state index contributed by atoms with van der Waals surface area (Å²) in [6.07, 6.45) is 0. The van der Waals surface area contributed by atoms with Crippen molar-refractivity contribution in [1.29, 1.82) is 0 Å². The SMILES string of the molecule is CCOc1cc(C(=S)N2CCOCC2)cc(I)c1OCC(=O)Nc1ccc(C)cc1. The lowest BCUT2D eigenvalue weighted by Gasteiger charge is -2.29. The summed E-state index contributed by atoms with van der Waals surface area (Å²) in [6, 6.07) is 11.5. The van der Waals surface area contributed by atoms with E-state index in [4.69, 9.17) is 26.4 Å². The highest BCUT2D eigenvalue weighted by molar-refractivity contribution is 14.1. The Balaban J connectivity index is 1.71. The molecular formula is C22H25IN2O4S. The first-order valence-corrected chi connectivity index (χ1v) is 11.3. The highest BCUT2D eigenvalue weighted by Gasteiger charge is 2.20. The van der Waals surface area contributed by atoms with Crippen LogP contribution in [0, 0.1) is 10.5 Å². The molecule has 1 amide bonds. The standard InChI is InChI=1S/C22H25IN2O4S/c1-3-28-19-13-16(22(30)25-8-10-27-11-9-25)12-18(23)21(19)29-14-20(26)24-17-6-4-15(2)5-7-17/h4-7,12-13H,3,8-11,14H2,1-2H3,(H,24,26). The molecule has 0 atom stereocenters. The van der Waals surface area contributed by atoms with Gasteiger partial charge in [-0.3, -0.25) is 4.79 Å². The Morgan fingerprint density at radius 1 is 1.20 bits per heavy atom. The molecule has 1 aliphatic heterocycles. The number of ether oxygens (including phenoxy) is 3. The molecule has 0 aliphatic carbocycles.